The smallest absolute Gasteiger partial charge is 0.266 e. The highest BCUT2D eigenvalue weighted by atomic mass is 32.2. The van der Waals surface area contributed by atoms with Crippen molar-refractivity contribution in [1.82, 2.24) is 4.98 Å². The Morgan fingerprint density at radius 1 is 1.50 bits per heavy atom. The highest BCUT2D eigenvalue weighted by Crippen LogP contribution is 2.31. The van der Waals surface area contributed by atoms with Gasteiger partial charge in [-0.3, -0.25) is 10.1 Å². The molecule has 0 aliphatic heterocycles. The summed E-state index contributed by atoms with van der Waals surface area (Å²) in [7, 11) is 0. The molecule has 0 aliphatic carbocycles. The van der Waals surface area contributed by atoms with Gasteiger partial charge in [0.1, 0.15) is 5.75 Å². The van der Waals surface area contributed by atoms with Crippen LogP contribution in [0.5, 0.6) is 5.75 Å². The van der Waals surface area contributed by atoms with E-state index in [1.54, 1.807) is 19.1 Å². The second-order valence-corrected chi connectivity index (χ2v) is 6.64. The van der Waals surface area contributed by atoms with E-state index in [2.05, 4.69) is 16.4 Å². The molecule has 1 amide bonds. The number of aromatic nitrogens is 1. The summed E-state index contributed by atoms with van der Waals surface area (Å²) in [6.45, 7) is 3.55. The number of benzene rings is 1. The van der Waals surface area contributed by atoms with E-state index in [1.165, 1.54) is 23.1 Å². The van der Waals surface area contributed by atoms with Gasteiger partial charge in [0.2, 0.25) is 0 Å². The van der Waals surface area contributed by atoms with Gasteiger partial charge < -0.3 is 4.74 Å². The average Bonchev–Trinajstić information content (AvgIpc) is 2.85. The van der Waals surface area contributed by atoms with Crippen LogP contribution in [0.1, 0.15) is 12.6 Å². The molecular weight excluding hydrogens is 318 g/mol. The molecule has 1 unspecified atom stereocenters. The van der Waals surface area contributed by atoms with Crippen LogP contribution in [0.3, 0.4) is 0 Å². The van der Waals surface area contributed by atoms with Crippen LogP contribution in [0.4, 0.5) is 5.13 Å². The van der Waals surface area contributed by atoms with Crippen molar-refractivity contribution in [2.45, 2.75) is 24.2 Å². The van der Waals surface area contributed by atoms with Crippen LogP contribution in [-0.4, -0.2) is 22.7 Å². The Hall–Kier alpha value is -2.04. The van der Waals surface area contributed by atoms with Gasteiger partial charge in [0.15, 0.2) is 11.2 Å². The number of nitrogens with one attached hydrogen (secondary N) is 1. The maximum absolute atomic E-state index is 12.1. The number of hydrogen-bond acceptors (Lipinski definition) is 6. The topological polar surface area (TPSA) is 75.0 Å². The van der Waals surface area contributed by atoms with Crippen LogP contribution in [0, 0.1) is 18.3 Å². The molecule has 0 bridgehead atoms. The number of para-hydroxylation sites is 1. The lowest BCUT2D eigenvalue weighted by Crippen LogP contribution is -2.30. The lowest BCUT2D eigenvalue weighted by atomic mass is 10.3. The minimum Gasteiger partial charge on any atom is -0.481 e. The normalized spacial score (nSPS) is 11.5. The van der Waals surface area contributed by atoms with E-state index < -0.39 is 6.10 Å². The molecule has 1 atom stereocenters. The zero-order chi connectivity index (χ0) is 15.9. The second-order valence-electron chi connectivity index (χ2n) is 4.40. The minimum absolute atomic E-state index is 0.255. The lowest BCUT2D eigenvalue weighted by molar-refractivity contribution is -0.122. The first kappa shape index (κ1) is 16.3. The summed E-state index contributed by atoms with van der Waals surface area (Å²) in [5.41, 5.74) is 0.817. The van der Waals surface area contributed by atoms with E-state index in [1.807, 2.05) is 25.1 Å². The zero-order valence-corrected chi connectivity index (χ0v) is 13.8. The third-order valence-corrected chi connectivity index (χ3v) is 4.98. The Balaban J connectivity index is 1.95. The maximum atomic E-state index is 12.1. The molecular formula is C15H15N3O2S2. The van der Waals surface area contributed by atoms with Crippen molar-refractivity contribution in [3.8, 4) is 11.8 Å². The van der Waals surface area contributed by atoms with E-state index in [4.69, 9.17) is 10.00 Å². The number of thioether (sulfide) groups is 1. The molecule has 114 valence electrons. The van der Waals surface area contributed by atoms with Gasteiger partial charge in [0.25, 0.3) is 5.91 Å². The molecule has 0 saturated carbocycles. The number of ether oxygens (including phenoxy) is 1. The van der Waals surface area contributed by atoms with Gasteiger partial charge in [-0.1, -0.05) is 41.3 Å². The Morgan fingerprint density at radius 2 is 2.23 bits per heavy atom. The molecule has 22 heavy (non-hydrogen) atoms. The highest BCUT2D eigenvalue weighted by Gasteiger charge is 2.17. The lowest BCUT2D eigenvalue weighted by Gasteiger charge is -2.13. The van der Waals surface area contributed by atoms with Gasteiger partial charge in [-0.05, 0) is 26.0 Å². The van der Waals surface area contributed by atoms with Crippen LogP contribution < -0.4 is 10.1 Å². The van der Waals surface area contributed by atoms with Gasteiger partial charge >= 0.3 is 0 Å². The first-order chi connectivity index (χ1) is 10.6. The summed E-state index contributed by atoms with van der Waals surface area (Å²) in [6.07, 6.45) is -0.623. The van der Waals surface area contributed by atoms with E-state index in [0.29, 0.717) is 16.6 Å². The van der Waals surface area contributed by atoms with Crippen LogP contribution in [0.15, 0.2) is 34.5 Å². The summed E-state index contributed by atoms with van der Waals surface area (Å²) in [5, 5.41) is 11.9. The predicted molar refractivity (Wildman–Crippen MR) is 88.3 cm³/mol. The minimum atomic E-state index is -0.623. The Labute approximate surface area is 137 Å². The number of nitriles is 1. The van der Waals surface area contributed by atoms with E-state index in [9.17, 15) is 4.79 Å². The number of thiazole rings is 1. The maximum Gasteiger partial charge on any atom is 0.266 e. The molecule has 0 aliphatic rings. The highest BCUT2D eigenvalue weighted by molar-refractivity contribution is 8.01. The first-order valence-corrected chi connectivity index (χ1v) is 8.40. The number of aryl methyl sites for hydroxylation is 1. The third kappa shape index (κ3) is 4.48. The van der Waals surface area contributed by atoms with Crippen molar-refractivity contribution in [3.05, 3.63) is 36.0 Å². The molecule has 2 rings (SSSR count). The molecule has 1 aromatic carbocycles. The molecule has 1 aromatic heterocycles. The zero-order valence-electron chi connectivity index (χ0n) is 12.2. The summed E-state index contributed by atoms with van der Waals surface area (Å²) in [5.74, 6) is 0.754. The standard InChI is InChI=1S/C15H15N3O2S2/c1-10-14(21-9-8-16)22-15(17-10)18-13(19)11(2)20-12-6-4-3-5-7-12/h3-7,11H,9H2,1-2H3,(H,17,18,19). The number of anilines is 1. The summed E-state index contributed by atoms with van der Waals surface area (Å²) < 4.78 is 6.51. The van der Waals surface area contributed by atoms with Crippen LogP contribution >= 0.6 is 23.1 Å². The number of carbonyl (C=O) groups is 1. The molecule has 0 fully saturated rings. The molecule has 0 radical (unpaired) electrons. The first-order valence-electron chi connectivity index (χ1n) is 6.60. The summed E-state index contributed by atoms with van der Waals surface area (Å²) >= 11 is 2.78. The average molecular weight is 333 g/mol. The fourth-order valence-electron chi connectivity index (χ4n) is 1.63. The van der Waals surface area contributed by atoms with E-state index >= 15 is 0 Å². The predicted octanol–water partition coefficient (Wildman–Crippen LogP) is 3.47. The van der Waals surface area contributed by atoms with Crippen molar-refractivity contribution in [2.75, 3.05) is 11.1 Å². The van der Waals surface area contributed by atoms with Gasteiger partial charge in [0, 0.05) is 0 Å². The van der Waals surface area contributed by atoms with Gasteiger partial charge in [-0.25, -0.2) is 4.98 Å². The third-order valence-electron chi connectivity index (χ3n) is 2.68. The van der Waals surface area contributed by atoms with E-state index in [0.717, 1.165) is 9.90 Å². The monoisotopic (exact) mass is 333 g/mol. The van der Waals surface area contributed by atoms with Crippen molar-refractivity contribution < 1.29 is 9.53 Å². The van der Waals surface area contributed by atoms with Crippen molar-refractivity contribution >= 4 is 34.1 Å². The number of amides is 1. The molecule has 5 nitrogen and oxygen atoms in total. The van der Waals surface area contributed by atoms with Crippen LogP contribution in [0.25, 0.3) is 0 Å². The SMILES string of the molecule is Cc1nc(NC(=O)C(C)Oc2ccccc2)sc1SCC#N. The molecule has 1 N–H and O–H groups in total. The Bertz CT molecular complexity index is 680. The molecule has 0 spiro atoms. The Morgan fingerprint density at radius 3 is 2.91 bits per heavy atom. The second kappa shape index (κ2) is 7.82. The van der Waals surface area contributed by atoms with Crippen molar-refractivity contribution in [3.63, 3.8) is 0 Å². The van der Waals surface area contributed by atoms with Crippen LogP contribution in [0.2, 0.25) is 0 Å². The molecule has 0 saturated heterocycles. The van der Waals surface area contributed by atoms with Crippen molar-refractivity contribution in [2.24, 2.45) is 0 Å². The van der Waals surface area contributed by atoms with Gasteiger partial charge in [-0.15, -0.1) is 0 Å². The number of carbonyl (C=O) groups excluding carboxylic acids is 1. The largest absolute Gasteiger partial charge is 0.481 e. The van der Waals surface area contributed by atoms with Gasteiger partial charge in [-0.2, -0.15) is 5.26 Å². The molecule has 7 heteroatoms. The summed E-state index contributed by atoms with van der Waals surface area (Å²) in [4.78, 5) is 16.4. The fraction of sp³-hybridized carbons (Fsp3) is 0.267. The quantitative estimate of drug-likeness (QED) is 0.819. The van der Waals surface area contributed by atoms with Crippen molar-refractivity contribution in [1.29, 1.82) is 5.26 Å². The number of rotatable bonds is 6. The van der Waals surface area contributed by atoms with E-state index in [-0.39, 0.29) is 5.91 Å². The molecule has 1 heterocycles. The summed E-state index contributed by atoms with van der Waals surface area (Å²) in [6, 6.07) is 11.3. The van der Waals surface area contributed by atoms with Crippen LogP contribution in [-0.2, 0) is 4.79 Å². The number of nitrogens with zero attached hydrogens (tertiary/aromatic N) is 2. The van der Waals surface area contributed by atoms with Gasteiger partial charge in [0.05, 0.1) is 21.7 Å². The molecule has 2 aromatic rings. The fourth-order valence-corrected chi connectivity index (χ4v) is 3.43. The Kier molecular flexibility index (Phi) is 5.81. The number of hydrogen-bond donors (Lipinski definition) is 1.